The van der Waals surface area contributed by atoms with Crippen molar-refractivity contribution in [2.75, 3.05) is 0 Å². The Kier molecular flexibility index (Phi) is 4.41. The molecule has 0 fully saturated rings. The van der Waals surface area contributed by atoms with E-state index in [1.807, 2.05) is 58.0 Å². The fourth-order valence-electron chi connectivity index (χ4n) is 2.56. The second-order valence-electron chi connectivity index (χ2n) is 5.60. The first-order valence-corrected chi connectivity index (χ1v) is 7.33. The molecule has 2 rings (SSSR count). The summed E-state index contributed by atoms with van der Waals surface area (Å²) in [5.74, 6) is 0.389. The number of phenolic OH excluding ortho intramolecular Hbond substituents is 2. The molecule has 0 aliphatic heterocycles. The first-order chi connectivity index (χ1) is 10.4. The van der Waals surface area contributed by atoms with Crippen LogP contribution in [0.25, 0.3) is 22.4 Å². The summed E-state index contributed by atoms with van der Waals surface area (Å²) in [5, 5.41) is 22.8. The number of hydrogen-bond acceptors (Lipinski definition) is 2. The highest BCUT2D eigenvalue weighted by atomic mass is 16.3. The molecule has 0 saturated carbocycles. The fourth-order valence-corrected chi connectivity index (χ4v) is 2.56. The van der Waals surface area contributed by atoms with E-state index in [0.29, 0.717) is 21.9 Å². The molecule has 22 heavy (non-hydrogen) atoms. The zero-order valence-corrected chi connectivity index (χ0v) is 13.6. The zero-order chi connectivity index (χ0) is 16.4. The highest BCUT2D eigenvalue weighted by Gasteiger charge is 2.18. The number of rotatable bonds is 3. The first kappa shape index (κ1) is 15.9. The second-order valence-corrected chi connectivity index (χ2v) is 5.60. The summed E-state index contributed by atoms with van der Waals surface area (Å²) in [5.41, 5.74) is 4.17. The number of fused-ring (bicyclic) bond motifs is 1. The van der Waals surface area contributed by atoms with Crippen LogP contribution < -0.4 is 0 Å². The number of aryl methyl sites for hydroxylation is 1. The normalized spacial score (nSPS) is 12.7. The van der Waals surface area contributed by atoms with Gasteiger partial charge in [0.25, 0.3) is 0 Å². The number of benzene rings is 2. The van der Waals surface area contributed by atoms with E-state index in [2.05, 4.69) is 6.58 Å². The Hall–Kier alpha value is -2.48. The lowest BCUT2D eigenvalue weighted by Gasteiger charge is -2.16. The predicted octanol–water partition coefficient (Wildman–Crippen LogP) is 5.57. The third kappa shape index (κ3) is 2.64. The molecule has 0 aromatic heterocycles. The molecule has 0 aliphatic rings. The van der Waals surface area contributed by atoms with Crippen LogP contribution in [0.4, 0.5) is 0 Å². The quantitative estimate of drug-likeness (QED) is 0.573. The van der Waals surface area contributed by atoms with Gasteiger partial charge in [0.2, 0.25) is 0 Å². The minimum absolute atomic E-state index is 0.185. The topological polar surface area (TPSA) is 40.5 Å². The van der Waals surface area contributed by atoms with Crippen molar-refractivity contribution in [1.29, 1.82) is 0 Å². The van der Waals surface area contributed by atoms with Crippen LogP contribution in [0, 0.1) is 6.92 Å². The zero-order valence-electron chi connectivity index (χ0n) is 13.6. The van der Waals surface area contributed by atoms with Gasteiger partial charge in [0, 0.05) is 21.9 Å². The lowest BCUT2D eigenvalue weighted by Crippen LogP contribution is -1.92. The molecule has 114 valence electrons. The van der Waals surface area contributed by atoms with E-state index in [4.69, 9.17) is 0 Å². The third-order valence-electron chi connectivity index (χ3n) is 3.97. The van der Waals surface area contributed by atoms with Gasteiger partial charge in [-0.2, -0.15) is 0 Å². The summed E-state index contributed by atoms with van der Waals surface area (Å²) in [6, 6.07) is 5.66. The Balaban J connectivity index is 3.01. The average Bonchev–Trinajstić information content (AvgIpc) is 2.51. The van der Waals surface area contributed by atoms with Crippen molar-refractivity contribution in [2.45, 2.75) is 27.7 Å². The summed E-state index contributed by atoms with van der Waals surface area (Å²) in [6.07, 6.45) is 5.50. The molecule has 2 heteroatoms. The maximum absolute atomic E-state index is 10.8. The van der Waals surface area contributed by atoms with Crippen LogP contribution in [0.3, 0.4) is 0 Å². The van der Waals surface area contributed by atoms with E-state index < -0.39 is 0 Å². The molecule has 0 radical (unpaired) electrons. The molecular formula is C20H22O2. The van der Waals surface area contributed by atoms with Gasteiger partial charge in [-0.15, -0.1) is 0 Å². The second kappa shape index (κ2) is 6.10. The van der Waals surface area contributed by atoms with Crippen molar-refractivity contribution in [2.24, 2.45) is 0 Å². The number of phenols is 2. The molecule has 0 unspecified atom stereocenters. The Morgan fingerprint density at radius 3 is 2.36 bits per heavy atom. The average molecular weight is 294 g/mol. The molecule has 0 bridgehead atoms. The van der Waals surface area contributed by atoms with Crippen molar-refractivity contribution in [3.63, 3.8) is 0 Å². The lowest BCUT2D eigenvalue weighted by atomic mass is 9.91. The van der Waals surface area contributed by atoms with Gasteiger partial charge in [0.1, 0.15) is 11.5 Å². The Morgan fingerprint density at radius 2 is 1.77 bits per heavy atom. The Labute approximate surface area is 131 Å². The van der Waals surface area contributed by atoms with Crippen LogP contribution in [-0.2, 0) is 0 Å². The summed E-state index contributed by atoms with van der Waals surface area (Å²) in [6.45, 7) is 11.5. The predicted molar refractivity (Wildman–Crippen MR) is 95.2 cm³/mol. The van der Waals surface area contributed by atoms with Crippen LogP contribution in [0.1, 0.15) is 37.5 Å². The van der Waals surface area contributed by atoms with E-state index in [1.54, 1.807) is 6.08 Å². The summed E-state index contributed by atoms with van der Waals surface area (Å²) in [7, 11) is 0. The van der Waals surface area contributed by atoms with Crippen LogP contribution in [0.5, 0.6) is 11.5 Å². The Bertz CT molecular complexity index is 808. The van der Waals surface area contributed by atoms with Crippen molar-refractivity contribution in [1.82, 2.24) is 0 Å². The molecule has 2 nitrogen and oxygen atoms in total. The van der Waals surface area contributed by atoms with E-state index in [9.17, 15) is 10.2 Å². The lowest BCUT2D eigenvalue weighted by molar-refractivity contribution is 0.467. The van der Waals surface area contributed by atoms with E-state index in [-0.39, 0.29) is 11.5 Å². The van der Waals surface area contributed by atoms with Gasteiger partial charge in [-0.1, -0.05) is 42.0 Å². The van der Waals surface area contributed by atoms with Gasteiger partial charge in [-0.25, -0.2) is 0 Å². The van der Waals surface area contributed by atoms with Crippen LogP contribution in [0.15, 0.2) is 42.5 Å². The van der Waals surface area contributed by atoms with E-state index >= 15 is 0 Å². The summed E-state index contributed by atoms with van der Waals surface area (Å²) < 4.78 is 0. The smallest absolute Gasteiger partial charge is 0.131 e. The first-order valence-electron chi connectivity index (χ1n) is 7.33. The molecule has 2 N–H and O–H groups in total. The molecule has 2 aromatic rings. The number of aromatic hydroxyl groups is 2. The van der Waals surface area contributed by atoms with Crippen LogP contribution in [0.2, 0.25) is 0 Å². The largest absolute Gasteiger partial charge is 0.507 e. The van der Waals surface area contributed by atoms with Gasteiger partial charge in [0.05, 0.1) is 0 Å². The highest BCUT2D eigenvalue weighted by Crippen LogP contribution is 2.44. The molecule has 0 saturated heterocycles. The summed E-state index contributed by atoms with van der Waals surface area (Å²) in [4.78, 5) is 0. The Morgan fingerprint density at radius 1 is 1.09 bits per heavy atom. The minimum Gasteiger partial charge on any atom is -0.507 e. The molecule has 0 aliphatic carbocycles. The standard InChI is InChI=1S/C20H22O2/c1-6-12(3)10-17-18(14(5)7-2)20(22)16-11-13(4)8-9-15(16)19(17)21/h6-11,21-22H,1H2,2-5H3/b12-10-,14-7?. The van der Waals surface area contributed by atoms with Crippen LogP contribution in [-0.4, -0.2) is 10.2 Å². The maximum Gasteiger partial charge on any atom is 0.131 e. The summed E-state index contributed by atoms with van der Waals surface area (Å²) >= 11 is 0. The van der Waals surface area contributed by atoms with Gasteiger partial charge >= 0.3 is 0 Å². The molecule has 0 heterocycles. The molecule has 0 spiro atoms. The van der Waals surface area contributed by atoms with Crippen molar-refractivity contribution in [3.8, 4) is 11.5 Å². The van der Waals surface area contributed by atoms with Crippen LogP contribution >= 0.6 is 0 Å². The SMILES string of the molecule is C=C/C(C)=C\c1c(C(C)=CC)c(O)c2cc(C)ccc2c1O. The molecule has 2 aromatic carbocycles. The van der Waals surface area contributed by atoms with Gasteiger partial charge in [0.15, 0.2) is 0 Å². The van der Waals surface area contributed by atoms with Gasteiger partial charge < -0.3 is 10.2 Å². The van der Waals surface area contributed by atoms with E-state index in [0.717, 1.165) is 16.7 Å². The van der Waals surface area contributed by atoms with E-state index in [1.165, 1.54) is 0 Å². The minimum atomic E-state index is 0.185. The van der Waals surface area contributed by atoms with Crippen molar-refractivity contribution in [3.05, 3.63) is 59.2 Å². The highest BCUT2D eigenvalue weighted by molar-refractivity contribution is 6.01. The number of allylic oxidation sites excluding steroid dienone is 4. The van der Waals surface area contributed by atoms with Gasteiger partial charge in [-0.3, -0.25) is 0 Å². The molecule has 0 amide bonds. The number of hydrogen-bond donors (Lipinski definition) is 2. The van der Waals surface area contributed by atoms with Gasteiger partial charge in [-0.05, 0) is 45.4 Å². The fraction of sp³-hybridized carbons (Fsp3) is 0.200. The molecular weight excluding hydrogens is 272 g/mol. The van der Waals surface area contributed by atoms with Crippen molar-refractivity contribution < 1.29 is 10.2 Å². The maximum atomic E-state index is 10.8. The molecule has 0 atom stereocenters. The van der Waals surface area contributed by atoms with Crippen molar-refractivity contribution >= 4 is 22.4 Å². The third-order valence-corrected chi connectivity index (χ3v) is 3.97. The monoisotopic (exact) mass is 294 g/mol.